The second-order valence-electron chi connectivity index (χ2n) is 8.17. The molecule has 8 heteroatoms. The lowest BCUT2D eigenvalue weighted by molar-refractivity contribution is -0.123. The first-order chi connectivity index (χ1) is 15.5. The molecule has 2 aliphatic rings. The van der Waals surface area contributed by atoms with E-state index < -0.39 is 10.2 Å². The third kappa shape index (κ3) is 4.34. The first kappa shape index (κ1) is 22.6. The molecule has 0 spiro atoms. The molecule has 32 heavy (non-hydrogen) atoms. The Morgan fingerprint density at radius 2 is 1.84 bits per heavy atom. The molecule has 2 heterocycles. The van der Waals surface area contributed by atoms with Crippen LogP contribution in [0.3, 0.4) is 0 Å². The Bertz CT molecular complexity index is 1060. The molecule has 0 N–H and O–H groups in total. The highest BCUT2D eigenvalue weighted by atomic mass is 32.2. The first-order valence-corrected chi connectivity index (χ1v) is 12.7. The lowest BCUT2D eigenvalue weighted by Gasteiger charge is -2.36. The van der Waals surface area contributed by atoms with Crippen molar-refractivity contribution in [3.05, 3.63) is 54.1 Å². The maximum atomic E-state index is 13.5. The van der Waals surface area contributed by atoms with Crippen LogP contribution in [0.25, 0.3) is 0 Å². The number of hydrogen-bond donors (Lipinski definition) is 0. The van der Waals surface area contributed by atoms with Crippen LogP contribution in [0.4, 0.5) is 11.4 Å². The van der Waals surface area contributed by atoms with Crippen LogP contribution in [0.1, 0.15) is 32.3 Å². The minimum atomic E-state index is -3.75. The van der Waals surface area contributed by atoms with Gasteiger partial charge in [-0.2, -0.15) is 12.7 Å². The van der Waals surface area contributed by atoms with E-state index in [9.17, 15) is 13.2 Å². The van der Waals surface area contributed by atoms with Crippen molar-refractivity contribution in [2.45, 2.75) is 33.1 Å². The Hall–Kier alpha value is -2.58. The molecule has 0 radical (unpaired) electrons. The van der Waals surface area contributed by atoms with Gasteiger partial charge in [0.25, 0.3) is 0 Å². The Balaban J connectivity index is 1.50. The molecule has 1 fully saturated rings. The summed E-state index contributed by atoms with van der Waals surface area (Å²) in [5.74, 6) is 0.405. The van der Waals surface area contributed by atoms with Crippen molar-refractivity contribution in [1.82, 2.24) is 4.31 Å². The number of rotatable bonds is 7. The molecule has 4 rings (SSSR count). The minimum absolute atomic E-state index is 0.0268. The fourth-order valence-electron chi connectivity index (χ4n) is 4.63. The summed E-state index contributed by atoms with van der Waals surface area (Å²) in [5, 5.41) is 0. The summed E-state index contributed by atoms with van der Waals surface area (Å²) in [6, 6.07) is 15.0. The van der Waals surface area contributed by atoms with Crippen molar-refractivity contribution in [2.24, 2.45) is 5.92 Å². The lowest BCUT2D eigenvalue weighted by Crippen LogP contribution is -2.51. The largest absolute Gasteiger partial charge is 0.494 e. The van der Waals surface area contributed by atoms with Crippen molar-refractivity contribution >= 4 is 27.5 Å². The molecular weight excluding hydrogens is 426 g/mol. The summed E-state index contributed by atoms with van der Waals surface area (Å²) in [6.45, 7) is 5.90. The maximum Gasteiger partial charge on any atom is 0.304 e. The van der Waals surface area contributed by atoms with Gasteiger partial charge < -0.3 is 9.64 Å². The highest BCUT2D eigenvalue weighted by molar-refractivity contribution is 7.90. The number of benzene rings is 2. The van der Waals surface area contributed by atoms with Gasteiger partial charge in [-0.1, -0.05) is 18.2 Å². The number of carbonyl (C=O) groups excluding carboxylic acids is 1. The van der Waals surface area contributed by atoms with Gasteiger partial charge >= 0.3 is 10.2 Å². The molecule has 2 aromatic rings. The number of fused-ring (bicyclic) bond motifs is 1. The van der Waals surface area contributed by atoms with E-state index in [1.165, 1.54) is 14.2 Å². The van der Waals surface area contributed by atoms with Crippen molar-refractivity contribution in [3.8, 4) is 5.75 Å². The molecule has 7 nitrogen and oxygen atoms in total. The topological polar surface area (TPSA) is 70.2 Å². The number of carbonyl (C=O) groups is 1. The molecule has 0 aromatic heterocycles. The second-order valence-corrected chi connectivity index (χ2v) is 10.0. The van der Waals surface area contributed by atoms with Gasteiger partial charge in [0.1, 0.15) is 5.75 Å². The van der Waals surface area contributed by atoms with Crippen molar-refractivity contribution < 1.29 is 17.9 Å². The Kier molecular flexibility index (Phi) is 6.71. The van der Waals surface area contributed by atoms with Crippen LogP contribution in [0.5, 0.6) is 5.75 Å². The van der Waals surface area contributed by atoms with Crippen molar-refractivity contribution in [3.63, 3.8) is 0 Å². The van der Waals surface area contributed by atoms with E-state index in [2.05, 4.69) is 6.07 Å². The highest BCUT2D eigenvalue weighted by Crippen LogP contribution is 2.32. The number of ether oxygens (including phenoxy) is 1. The molecule has 1 amide bonds. The summed E-state index contributed by atoms with van der Waals surface area (Å²) < 4.78 is 35.4. The van der Waals surface area contributed by atoms with E-state index in [4.69, 9.17) is 4.74 Å². The summed E-state index contributed by atoms with van der Waals surface area (Å²) >= 11 is 0. The van der Waals surface area contributed by atoms with Gasteiger partial charge in [0.2, 0.25) is 5.91 Å². The van der Waals surface area contributed by atoms with Crippen molar-refractivity contribution in [2.75, 3.05) is 42.0 Å². The summed E-state index contributed by atoms with van der Waals surface area (Å²) in [7, 11) is -3.75. The normalized spacial score (nSPS) is 18.9. The van der Waals surface area contributed by atoms with Gasteiger partial charge in [-0.05, 0) is 69.0 Å². The number of piperidine rings is 1. The molecular formula is C24H31N3O4S. The molecule has 0 aliphatic carbocycles. The Morgan fingerprint density at radius 3 is 2.56 bits per heavy atom. The molecule has 2 aromatic carbocycles. The highest BCUT2D eigenvalue weighted by Gasteiger charge is 2.38. The predicted octanol–water partition coefficient (Wildman–Crippen LogP) is 3.46. The number of anilines is 2. The molecule has 0 saturated carbocycles. The van der Waals surface area contributed by atoms with Crippen LogP contribution in [-0.2, 0) is 21.4 Å². The summed E-state index contributed by atoms with van der Waals surface area (Å²) in [6.07, 6.45) is 2.22. The van der Waals surface area contributed by atoms with Crippen LogP contribution in [0.2, 0.25) is 0 Å². The van der Waals surface area contributed by atoms with Gasteiger partial charge in [-0.25, -0.2) is 0 Å². The van der Waals surface area contributed by atoms with Crippen LogP contribution in [0, 0.1) is 5.92 Å². The molecule has 2 aliphatic heterocycles. The Morgan fingerprint density at radius 1 is 1.09 bits per heavy atom. The van der Waals surface area contributed by atoms with E-state index in [0.29, 0.717) is 50.5 Å². The SMILES string of the molecule is CCOc1ccc(N(CC)S(=O)(=O)N2CCCC(C(=O)N3CCc4ccccc43)C2)cc1. The number of para-hydroxylation sites is 1. The number of amides is 1. The van der Waals surface area contributed by atoms with Crippen LogP contribution in [0.15, 0.2) is 48.5 Å². The van der Waals surface area contributed by atoms with E-state index in [-0.39, 0.29) is 18.4 Å². The average molecular weight is 458 g/mol. The first-order valence-electron chi connectivity index (χ1n) is 11.4. The predicted molar refractivity (Wildman–Crippen MR) is 126 cm³/mol. The average Bonchev–Trinajstić information content (AvgIpc) is 3.24. The zero-order valence-corrected chi connectivity index (χ0v) is 19.6. The van der Waals surface area contributed by atoms with Gasteiger partial charge in [0.15, 0.2) is 0 Å². The van der Waals surface area contributed by atoms with E-state index in [1.807, 2.05) is 36.9 Å². The minimum Gasteiger partial charge on any atom is -0.494 e. The number of nitrogens with zero attached hydrogens (tertiary/aromatic N) is 3. The maximum absolute atomic E-state index is 13.5. The summed E-state index contributed by atoms with van der Waals surface area (Å²) in [4.78, 5) is 15.2. The molecule has 1 saturated heterocycles. The smallest absolute Gasteiger partial charge is 0.304 e. The van der Waals surface area contributed by atoms with E-state index in [0.717, 1.165) is 12.1 Å². The molecule has 172 valence electrons. The molecule has 1 atom stereocenters. The van der Waals surface area contributed by atoms with E-state index in [1.54, 1.807) is 24.3 Å². The lowest BCUT2D eigenvalue weighted by atomic mass is 9.98. The monoisotopic (exact) mass is 457 g/mol. The Labute approximate surface area is 190 Å². The fraction of sp³-hybridized carbons (Fsp3) is 0.458. The third-order valence-corrected chi connectivity index (χ3v) is 8.22. The summed E-state index contributed by atoms with van der Waals surface area (Å²) in [5.41, 5.74) is 2.73. The van der Waals surface area contributed by atoms with E-state index >= 15 is 0 Å². The third-order valence-electron chi connectivity index (χ3n) is 6.21. The van der Waals surface area contributed by atoms with Crippen LogP contribution >= 0.6 is 0 Å². The zero-order valence-electron chi connectivity index (χ0n) is 18.7. The fourth-order valence-corrected chi connectivity index (χ4v) is 6.36. The van der Waals surface area contributed by atoms with Crippen molar-refractivity contribution in [1.29, 1.82) is 0 Å². The van der Waals surface area contributed by atoms with Gasteiger partial charge in [0.05, 0.1) is 18.2 Å². The molecule has 1 unspecified atom stereocenters. The quantitative estimate of drug-likeness (QED) is 0.639. The van der Waals surface area contributed by atoms with Gasteiger partial charge in [-0.3, -0.25) is 9.10 Å². The zero-order chi connectivity index (χ0) is 22.7. The molecule has 0 bridgehead atoms. The standard InChI is InChI=1S/C24H31N3O4S/c1-3-27(21-11-13-22(14-12-21)31-4-2)32(29,30)25-16-7-9-20(18-25)24(28)26-17-15-19-8-5-6-10-23(19)26/h5-6,8,10-14,20H,3-4,7,9,15-18H2,1-2H3. The van der Waals surface area contributed by atoms with Crippen LogP contribution in [-0.4, -0.2) is 51.4 Å². The van der Waals surface area contributed by atoms with Gasteiger partial charge in [0, 0.05) is 31.9 Å². The van der Waals surface area contributed by atoms with Crippen LogP contribution < -0.4 is 13.9 Å². The second kappa shape index (κ2) is 9.50. The number of hydrogen-bond acceptors (Lipinski definition) is 4. The van der Waals surface area contributed by atoms with Gasteiger partial charge in [-0.15, -0.1) is 0 Å².